The molecule has 0 radical (unpaired) electrons. The molecule has 5 heteroatoms. The zero-order valence-corrected chi connectivity index (χ0v) is 14.0. The lowest BCUT2D eigenvalue weighted by Crippen LogP contribution is -2.20. The van der Waals surface area contributed by atoms with E-state index in [9.17, 15) is 0 Å². The molecule has 0 saturated heterocycles. The summed E-state index contributed by atoms with van der Waals surface area (Å²) in [7, 11) is 3.27. The predicted molar refractivity (Wildman–Crippen MR) is 95.3 cm³/mol. The lowest BCUT2D eigenvalue weighted by molar-refractivity contribution is 0.416. The average Bonchev–Trinajstić information content (AvgIpc) is 2.49. The number of thiocarbonyl (C=S) groups is 1. The summed E-state index contributed by atoms with van der Waals surface area (Å²) in [4.78, 5) is 0. The highest BCUT2D eigenvalue weighted by Crippen LogP contribution is 2.27. The van der Waals surface area contributed by atoms with Crippen LogP contribution in [0.3, 0.4) is 0 Å². The van der Waals surface area contributed by atoms with E-state index in [1.165, 1.54) is 0 Å². The Bertz CT molecular complexity index is 686. The summed E-state index contributed by atoms with van der Waals surface area (Å²) in [6.45, 7) is 4.03. The molecule has 0 aliphatic heterocycles. The number of hydrogen-bond acceptors (Lipinski definition) is 3. The van der Waals surface area contributed by atoms with Gasteiger partial charge in [0.2, 0.25) is 0 Å². The van der Waals surface area contributed by atoms with Gasteiger partial charge in [-0.25, -0.2) is 0 Å². The van der Waals surface area contributed by atoms with Crippen molar-refractivity contribution in [3.05, 3.63) is 47.5 Å². The third kappa shape index (κ3) is 3.89. The molecule has 22 heavy (non-hydrogen) atoms. The molecule has 0 atom stereocenters. The fourth-order valence-corrected chi connectivity index (χ4v) is 2.32. The van der Waals surface area contributed by atoms with Gasteiger partial charge in [0.15, 0.2) is 5.11 Å². The minimum atomic E-state index is 0.478. The van der Waals surface area contributed by atoms with Crippen LogP contribution in [0.2, 0.25) is 0 Å². The van der Waals surface area contributed by atoms with Crippen molar-refractivity contribution in [2.75, 3.05) is 24.9 Å². The molecular weight excluding hydrogens is 296 g/mol. The lowest BCUT2D eigenvalue weighted by Gasteiger charge is -2.16. The Labute approximate surface area is 136 Å². The second-order valence-electron chi connectivity index (χ2n) is 4.99. The molecule has 116 valence electrons. The number of ether oxygens (including phenoxy) is 2. The topological polar surface area (TPSA) is 42.5 Å². The molecule has 0 aliphatic carbocycles. The summed E-state index contributed by atoms with van der Waals surface area (Å²) in [6, 6.07) is 11.8. The van der Waals surface area contributed by atoms with Crippen LogP contribution < -0.4 is 20.1 Å². The van der Waals surface area contributed by atoms with E-state index in [4.69, 9.17) is 21.7 Å². The van der Waals surface area contributed by atoms with Gasteiger partial charge in [0.05, 0.1) is 25.6 Å². The van der Waals surface area contributed by atoms with Crippen molar-refractivity contribution in [2.24, 2.45) is 0 Å². The smallest absolute Gasteiger partial charge is 0.175 e. The molecule has 2 aromatic carbocycles. The van der Waals surface area contributed by atoms with Gasteiger partial charge < -0.3 is 20.1 Å². The van der Waals surface area contributed by atoms with Gasteiger partial charge in [0.1, 0.15) is 11.5 Å². The average molecular weight is 316 g/mol. The third-order valence-electron chi connectivity index (χ3n) is 3.21. The summed E-state index contributed by atoms with van der Waals surface area (Å²) in [5.74, 6) is 1.49. The Hall–Kier alpha value is -2.27. The largest absolute Gasteiger partial charge is 0.495 e. The SMILES string of the molecule is COc1ccc(C)cc1NC(=S)Nc1ccc(C)cc1OC. The van der Waals surface area contributed by atoms with E-state index in [-0.39, 0.29) is 0 Å². The van der Waals surface area contributed by atoms with Gasteiger partial charge in [-0.2, -0.15) is 0 Å². The highest BCUT2D eigenvalue weighted by Gasteiger charge is 2.08. The van der Waals surface area contributed by atoms with Gasteiger partial charge in [-0.1, -0.05) is 12.1 Å². The Morgan fingerprint density at radius 3 is 2.09 bits per heavy atom. The summed E-state index contributed by atoms with van der Waals surface area (Å²) >= 11 is 5.38. The van der Waals surface area contributed by atoms with Crippen molar-refractivity contribution in [1.29, 1.82) is 0 Å². The molecule has 0 bridgehead atoms. The van der Waals surface area contributed by atoms with Gasteiger partial charge in [-0.15, -0.1) is 0 Å². The number of hydrogen-bond donors (Lipinski definition) is 2. The highest BCUT2D eigenvalue weighted by atomic mass is 32.1. The Morgan fingerprint density at radius 2 is 1.41 bits per heavy atom. The van der Waals surface area contributed by atoms with Gasteiger partial charge >= 0.3 is 0 Å². The monoisotopic (exact) mass is 316 g/mol. The first kappa shape index (κ1) is 16.1. The Morgan fingerprint density at radius 1 is 0.818 bits per heavy atom. The van der Waals surface area contributed by atoms with Crippen LogP contribution in [0.25, 0.3) is 0 Å². The van der Waals surface area contributed by atoms with Crippen LogP contribution in [0.4, 0.5) is 11.4 Å². The summed E-state index contributed by atoms with van der Waals surface area (Å²) in [6.07, 6.45) is 0. The first-order chi connectivity index (χ1) is 10.5. The molecule has 0 fully saturated rings. The molecule has 2 N–H and O–H groups in total. The standard InChI is InChI=1S/C17H20N2O2S/c1-11-6-8-15(20-3)14(9-11)19-17(22)18-13-7-5-12(2)10-16(13)21-4/h5-10H,1-4H3,(H2,18,19,22). The van der Waals surface area contributed by atoms with Crippen molar-refractivity contribution >= 4 is 28.7 Å². The van der Waals surface area contributed by atoms with Crippen molar-refractivity contribution in [2.45, 2.75) is 13.8 Å². The van der Waals surface area contributed by atoms with E-state index in [0.717, 1.165) is 34.0 Å². The van der Waals surface area contributed by atoms with E-state index >= 15 is 0 Å². The van der Waals surface area contributed by atoms with E-state index in [2.05, 4.69) is 10.6 Å². The number of aryl methyl sites for hydroxylation is 2. The third-order valence-corrected chi connectivity index (χ3v) is 3.41. The molecule has 2 aromatic rings. The van der Waals surface area contributed by atoms with Crippen LogP contribution in [0.1, 0.15) is 11.1 Å². The lowest BCUT2D eigenvalue weighted by atomic mass is 10.2. The van der Waals surface area contributed by atoms with Crippen molar-refractivity contribution in [1.82, 2.24) is 0 Å². The van der Waals surface area contributed by atoms with Gasteiger partial charge in [-0.05, 0) is 61.5 Å². The first-order valence-electron chi connectivity index (χ1n) is 6.90. The Kier molecular flexibility index (Phi) is 5.22. The predicted octanol–water partition coefficient (Wildman–Crippen LogP) is 4.13. The zero-order chi connectivity index (χ0) is 16.1. The van der Waals surface area contributed by atoms with E-state index in [1.807, 2.05) is 50.2 Å². The summed E-state index contributed by atoms with van der Waals surface area (Å²) < 4.78 is 10.7. The number of nitrogens with one attached hydrogen (secondary N) is 2. The molecular formula is C17H20N2O2S. The van der Waals surface area contributed by atoms with Crippen LogP contribution in [-0.2, 0) is 0 Å². The number of rotatable bonds is 4. The van der Waals surface area contributed by atoms with E-state index < -0.39 is 0 Å². The van der Waals surface area contributed by atoms with Crippen LogP contribution >= 0.6 is 12.2 Å². The van der Waals surface area contributed by atoms with Crippen molar-refractivity contribution < 1.29 is 9.47 Å². The van der Waals surface area contributed by atoms with Crippen LogP contribution in [0.15, 0.2) is 36.4 Å². The summed E-state index contributed by atoms with van der Waals surface area (Å²) in [5.41, 5.74) is 3.89. The number of benzene rings is 2. The minimum Gasteiger partial charge on any atom is -0.495 e. The normalized spacial score (nSPS) is 10.0. The van der Waals surface area contributed by atoms with Crippen molar-refractivity contribution in [3.63, 3.8) is 0 Å². The summed E-state index contributed by atoms with van der Waals surface area (Å²) in [5, 5.41) is 6.78. The van der Waals surface area contributed by atoms with Crippen LogP contribution in [-0.4, -0.2) is 19.3 Å². The maximum absolute atomic E-state index is 5.38. The molecule has 0 heterocycles. The number of methoxy groups -OCH3 is 2. The second kappa shape index (κ2) is 7.13. The quantitative estimate of drug-likeness (QED) is 0.830. The van der Waals surface area contributed by atoms with Crippen LogP contribution in [0, 0.1) is 13.8 Å². The van der Waals surface area contributed by atoms with Gasteiger partial charge in [0, 0.05) is 0 Å². The fraction of sp³-hybridized carbons (Fsp3) is 0.235. The minimum absolute atomic E-state index is 0.478. The highest BCUT2D eigenvalue weighted by molar-refractivity contribution is 7.80. The molecule has 0 aliphatic rings. The molecule has 0 amide bonds. The molecule has 0 saturated carbocycles. The second-order valence-corrected chi connectivity index (χ2v) is 5.39. The van der Waals surface area contributed by atoms with E-state index in [0.29, 0.717) is 5.11 Å². The van der Waals surface area contributed by atoms with E-state index in [1.54, 1.807) is 14.2 Å². The zero-order valence-electron chi connectivity index (χ0n) is 13.2. The molecule has 0 unspecified atom stereocenters. The molecule has 4 nitrogen and oxygen atoms in total. The number of anilines is 2. The maximum atomic E-state index is 5.38. The molecule has 0 aromatic heterocycles. The Balaban J connectivity index is 2.15. The first-order valence-corrected chi connectivity index (χ1v) is 7.31. The van der Waals surface area contributed by atoms with Gasteiger partial charge in [0.25, 0.3) is 0 Å². The van der Waals surface area contributed by atoms with Crippen molar-refractivity contribution in [3.8, 4) is 11.5 Å². The molecule has 2 rings (SSSR count). The fourth-order valence-electron chi connectivity index (χ4n) is 2.10. The van der Waals surface area contributed by atoms with Gasteiger partial charge in [-0.3, -0.25) is 0 Å². The maximum Gasteiger partial charge on any atom is 0.175 e. The molecule has 0 spiro atoms. The van der Waals surface area contributed by atoms with Crippen LogP contribution in [0.5, 0.6) is 11.5 Å².